The lowest BCUT2D eigenvalue weighted by molar-refractivity contribution is 0.0945. The summed E-state index contributed by atoms with van der Waals surface area (Å²) in [5.41, 5.74) is 5.78. The fraction of sp³-hybridized carbons (Fsp3) is 0.316. The van der Waals surface area contributed by atoms with Gasteiger partial charge in [0.15, 0.2) is 11.3 Å². The molecule has 1 amide bonds. The number of aryl methyl sites for hydroxylation is 2. The fourth-order valence-electron chi connectivity index (χ4n) is 3.20. The molecule has 4 heterocycles. The lowest BCUT2D eigenvalue weighted by Crippen LogP contribution is -2.23. The number of carbonyl (C=O) groups excluding carboxylic acids is 1. The third-order valence-electron chi connectivity index (χ3n) is 5.05. The van der Waals surface area contributed by atoms with Gasteiger partial charge in [0.05, 0.1) is 18.1 Å². The van der Waals surface area contributed by atoms with Gasteiger partial charge in [-0.15, -0.1) is 0 Å². The molecule has 0 radical (unpaired) electrons. The molecule has 28 heavy (non-hydrogen) atoms. The summed E-state index contributed by atoms with van der Waals surface area (Å²) in [7, 11) is 1.89. The first kappa shape index (κ1) is 17.9. The smallest absolute Gasteiger partial charge is 0.272 e. The van der Waals surface area contributed by atoms with Crippen molar-refractivity contribution in [2.45, 2.75) is 33.9 Å². The second-order valence-electron chi connectivity index (χ2n) is 6.65. The van der Waals surface area contributed by atoms with Crippen LogP contribution in [0.1, 0.15) is 34.4 Å². The van der Waals surface area contributed by atoms with Crippen molar-refractivity contribution in [3.63, 3.8) is 0 Å². The Morgan fingerprint density at radius 3 is 2.68 bits per heavy atom. The first-order chi connectivity index (χ1) is 13.5. The van der Waals surface area contributed by atoms with Crippen LogP contribution in [-0.4, -0.2) is 40.1 Å². The van der Waals surface area contributed by atoms with Crippen LogP contribution in [0.25, 0.3) is 16.9 Å². The molecular weight excluding hydrogens is 356 g/mol. The number of nitrogens with one attached hydrogen (secondary N) is 1. The van der Waals surface area contributed by atoms with Gasteiger partial charge in [-0.05, 0) is 26.8 Å². The Morgan fingerprint density at radius 2 is 2.00 bits per heavy atom. The first-order valence-electron chi connectivity index (χ1n) is 9.12. The molecule has 4 aromatic rings. The highest BCUT2D eigenvalue weighted by Crippen LogP contribution is 2.23. The summed E-state index contributed by atoms with van der Waals surface area (Å²) in [6, 6.07) is 3.56. The highest BCUT2D eigenvalue weighted by molar-refractivity contribution is 5.93. The Bertz CT molecular complexity index is 1170. The molecule has 9 nitrogen and oxygen atoms in total. The molecule has 4 rings (SSSR count). The van der Waals surface area contributed by atoms with Crippen LogP contribution in [0, 0.1) is 13.8 Å². The Labute approximate surface area is 162 Å². The van der Waals surface area contributed by atoms with Crippen LogP contribution in [0.4, 0.5) is 0 Å². The van der Waals surface area contributed by atoms with Crippen molar-refractivity contribution in [2.24, 2.45) is 7.05 Å². The molecule has 0 saturated carbocycles. The SMILES string of the molecule is CCn1ncc(CNC(=O)c2cc3nccc(-c4cnn(C)c4C)n3n2)c1C. The van der Waals surface area contributed by atoms with E-state index < -0.39 is 0 Å². The van der Waals surface area contributed by atoms with Crippen LogP contribution in [0.2, 0.25) is 0 Å². The Hall–Kier alpha value is -3.49. The molecule has 0 aliphatic rings. The lowest BCUT2D eigenvalue weighted by Gasteiger charge is -2.04. The molecule has 144 valence electrons. The molecule has 0 fully saturated rings. The summed E-state index contributed by atoms with van der Waals surface area (Å²) in [4.78, 5) is 17.0. The quantitative estimate of drug-likeness (QED) is 0.572. The summed E-state index contributed by atoms with van der Waals surface area (Å²) < 4.78 is 5.38. The molecule has 0 aliphatic carbocycles. The van der Waals surface area contributed by atoms with Crippen LogP contribution in [0.15, 0.2) is 30.7 Å². The van der Waals surface area contributed by atoms with E-state index in [2.05, 4.69) is 25.6 Å². The van der Waals surface area contributed by atoms with Gasteiger partial charge in [-0.1, -0.05) is 0 Å². The monoisotopic (exact) mass is 378 g/mol. The number of amides is 1. The maximum atomic E-state index is 12.6. The second kappa shape index (κ2) is 6.91. The zero-order valence-electron chi connectivity index (χ0n) is 16.3. The topological polar surface area (TPSA) is 94.9 Å². The molecule has 4 aromatic heterocycles. The van der Waals surface area contributed by atoms with Crippen molar-refractivity contribution in [2.75, 3.05) is 0 Å². The zero-order valence-corrected chi connectivity index (χ0v) is 16.3. The third kappa shape index (κ3) is 2.94. The van der Waals surface area contributed by atoms with E-state index in [4.69, 9.17) is 0 Å². The van der Waals surface area contributed by atoms with Crippen LogP contribution >= 0.6 is 0 Å². The molecule has 0 spiro atoms. The van der Waals surface area contributed by atoms with E-state index in [-0.39, 0.29) is 5.91 Å². The largest absolute Gasteiger partial charge is 0.346 e. The van der Waals surface area contributed by atoms with Gasteiger partial charge in [-0.2, -0.15) is 15.3 Å². The summed E-state index contributed by atoms with van der Waals surface area (Å²) in [6.45, 7) is 7.22. The number of nitrogens with zero attached hydrogens (tertiary/aromatic N) is 7. The molecule has 0 saturated heterocycles. The lowest BCUT2D eigenvalue weighted by atomic mass is 10.2. The second-order valence-corrected chi connectivity index (χ2v) is 6.65. The molecule has 0 aliphatic heterocycles. The average Bonchev–Trinajstić information content (AvgIpc) is 3.38. The number of fused-ring (bicyclic) bond motifs is 1. The normalized spacial score (nSPS) is 11.3. The van der Waals surface area contributed by atoms with E-state index in [0.717, 1.165) is 34.8 Å². The van der Waals surface area contributed by atoms with E-state index in [1.807, 2.05) is 38.6 Å². The van der Waals surface area contributed by atoms with E-state index in [1.54, 1.807) is 33.9 Å². The molecule has 9 heteroatoms. The maximum absolute atomic E-state index is 12.6. The summed E-state index contributed by atoms with van der Waals surface area (Å²) in [6.07, 6.45) is 5.29. The minimum absolute atomic E-state index is 0.247. The van der Waals surface area contributed by atoms with Gasteiger partial charge in [-0.3, -0.25) is 14.2 Å². The number of hydrogen-bond acceptors (Lipinski definition) is 5. The average molecular weight is 378 g/mol. The number of hydrogen-bond donors (Lipinski definition) is 1. The predicted octanol–water partition coefficient (Wildman–Crippen LogP) is 1.89. The summed E-state index contributed by atoms with van der Waals surface area (Å²) in [5.74, 6) is -0.247. The van der Waals surface area contributed by atoms with Gasteiger partial charge in [0.25, 0.3) is 5.91 Å². The third-order valence-corrected chi connectivity index (χ3v) is 5.05. The molecule has 0 aromatic carbocycles. The predicted molar refractivity (Wildman–Crippen MR) is 104 cm³/mol. The van der Waals surface area contributed by atoms with Crippen molar-refractivity contribution in [3.8, 4) is 11.3 Å². The van der Waals surface area contributed by atoms with Crippen LogP contribution in [0.3, 0.4) is 0 Å². The number of aromatic nitrogens is 7. The maximum Gasteiger partial charge on any atom is 0.272 e. The highest BCUT2D eigenvalue weighted by atomic mass is 16.1. The zero-order chi connectivity index (χ0) is 19.8. The van der Waals surface area contributed by atoms with Gasteiger partial charge in [0.1, 0.15) is 0 Å². The van der Waals surface area contributed by atoms with Crippen LogP contribution in [-0.2, 0) is 20.1 Å². The molecule has 0 bridgehead atoms. The Balaban J connectivity index is 1.61. The summed E-state index contributed by atoms with van der Waals surface area (Å²) >= 11 is 0. The minimum Gasteiger partial charge on any atom is -0.346 e. The van der Waals surface area contributed by atoms with Gasteiger partial charge in [-0.25, -0.2) is 9.50 Å². The fourth-order valence-corrected chi connectivity index (χ4v) is 3.20. The highest BCUT2D eigenvalue weighted by Gasteiger charge is 2.16. The molecule has 0 atom stereocenters. The van der Waals surface area contributed by atoms with Gasteiger partial charge < -0.3 is 5.32 Å². The molecular formula is C19H22N8O. The Kier molecular flexibility index (Phi) is 4.42. The van der Waals surface area contributed by atoms with Gasteiger partial charge in [0.2, 0.25) is 0 Å². The van der Waals surface area contributed by atoms with E-state index in [1.165, 1.54) is 0 Å². The molecule has 1 N–H and O–H groups in total. The van der Waals surface area contributed by atoms with Crippen molar-refractivity contribution >= 4 is 11.6 Å². The standard InChI is InChI=1S/C19H22N8O/c1-5-26-12(2)14(10-23-26)9-21-19(28)16-8-18-20-7-6-17(27(18)24-16)15-11-22-25(4)13(15)3/h6-8,10-11H,5,9H2,1-4H3,(H,21,28). The first-order valence-corrected chi connectivity index (χ1v) is 9.12. The van der Waals surface area contributed by atoms with E-state index in [9.17, 15) is 4.79 Å². The molecule has 0 unspecified atom stereocenters. The van der Waals surface area contributed by atoms with Crippen molar-refractivity contribution < 1.29 is 4.79 Å². The van der Waals surface area contributed by atoms with E-state index >= 15 is 0 Å². The number of carbonyl (C=O) groups is 1. The van der Waals surface area contributed by atoms with Gasteiger partial charge >= 0.3 is 0 Å². The number of rotatable bonds is 5. The van der Waals surface area contributed by atoms with Crippen LogP contribution < -0.4 is 5.32 Å². The summed E-state index contributed by atoms with van der Waals surface area (Å²) in [5, 5.41) is 16.0. The van der Waals surface area contributed by atoms with Crippen LogP contribution in [0.5, 0.6) is 0 Å². The van der Waals surface area contributed by atoms with Crippen molar-refractivity contribution in [3.05, 3.63) is 53.4 Å². The van der Waals surface area contributed by atoms with Crippen molar-refractivity contribution in [1.82, 2.24) is 39.5 Å². The van der Waals surface area contributed by atoms with Crippen molar-refractivity contribution in [1.29, 1.82) is 0 Å². The minimum atomic E-state index is -0.247. The Morgan fingerprint density at radius 1 is 1.18 bits per heavy atom. The van der Waals surface area contributed by atoms with E-state index in [0.29, 0.717) is 17.9 Å². The van der Waals surface area contributed by atoms with Gasteiger partial charge in [0, 0.05) is 54.9 Å².